The van der Waals surface area contributed by atoms with Crippen molar-refractivity contribution >= 4 is 11.8 Å². The molecular weight excluding hydrogens is 342 g/mol. The number of hydrazone groups is 1. The van der Waals surface area contributed by atoms with Crippen molar-refractivity contribution in [2.45, 2.75) is 45.4 Å². The van der Waals surface area contributed by atoms with E-state index in [2.05, 4.69) is 65.0 Å². The molecule has 1 aromatic carbocycles. The van der Waals surface area contributed by atoms with Gasteiger partial charge in [0.15, 0.2) is 0 Å². The molecule has 0 aliphatic carbocycles. The zero-order valence-electron chi connectivity index (χ0n) is 16.2. The van der Waals surface area contributed by atoms with E-state index >= 15 is 0 Å². The number of benzene rings is 1. The number of carbonyl (C=O) groups is 1. The van der Waals surface area contributed by atoms with Crippen LogP contribution in [0, 0.1) is 17.8 Å². The maximum absolute atomic E-state index is 12.0. The van der Waals surface area contributed by atoms with Crippen molar-refractivity contribution in [3.05, 3.63) is 35.4 Å². The molecule has 0 amide bonds. The molecule has 0 saturated carbocycles. The van der Waals surface area contributed by atoms with Crippen LogP contribution in [0.25, 0.3) is 0 Å². The maximum atomic E-state index is 12.0. The van der Waals surface area contributed by atoms with Crippen LogP contribution < -0.4 is 21.8 Å². The Bertz CT molecular complexity index is 653. The Hall–Kier alpha value is -2.12. The summed E-state index contributed by atoms with van der Waals surface area (Å²) in [5.41, 5.74) is 10.9. The van der Waals surface area contributed by atoms with Crippen molar-refractivity contribution in [1.29, 1.82) is 0 Å². The number of nitrogens with one attached hydrogen (secondary N) is 4. The summed E-state index contributed by atoms with van der Waals surface area (Å²) in [5.74, 6) is 0.123. The molecule has 1 fully saturated rings. The highest BCUT2D eigenvalue weighted by atomic mass is 16.4. The molecular formula is C20H31N5O2. The molecule has 0 radical (unpaired) electrons. The highest BCUT2D eigenvalue weighted by molar-refractivity contribution is 5.89. The minimum atomic E-state index is -0.767. The molecule has 2 heterocycles. The van der Waals surface area contributed by atoms with E-state index in [1.807, 2.05) is 0 Å². The summed E-state index contributed by atoms with van der Waals surface area (Å²) in [6, 6.07) is 8.71. The minimum Gasteiger partial charge on any atom is -0.481 e. The first-order chi connectivity index (χ1) is 13.0. The van der Waals surface area contributed by atoms with Crippen LogP contribution in [0.1, 0.15) is 50.2 Å². The summed E-state index contributed by atoms with van der Waals surface area (Å²) in [6.45, 7) is 6.27. The maximum Gasteiger partial charge on any atom is 0.307 e. The third-order valence-electron chi connectivity index (χ3n) is 5.55. The first kappa shape index (κ1) is 19.6. The van der Waals surface area contributed by atoms with E-state index in [0.717, 1.165) is 18.7 Å². The third-order valence-corrected chi connectivity index (χ3v) is 5.55. The van der Waals surface area contributed by atoms with Gasteiger partial charge in [0.05, 0.1) is 5.92 Å². The van der Waals surface area contributed by atoms with E-state index in [1.54, 1.807) is 0 Å². The van der Waals surface area contributed by atoms with Gasteiger partial charge in [0, 0.05) is 5.92 Å². The molecule has 2 aliphatic rings. The summed E-state index contributed by atoms with van der Waals surface area (Å²) in [6.07, 6.45) is 3.62. The predicted octanol–water partition coefficient (Wildman–Crippen LogP) is 1.99. The number of piperidine rings is 1. The van der Waals surface area contributed by atoms with E-state index in [9.17, 15) is 9.90 Å². The van der Waals surface area contributed by atoms with Crippen LogP contribution in [0.3, 0.4) is 0 Å². The lowest BCUT2D eigenvalue weighted by atomic mass is 9.80. The first-order valence-corrected chi connectivity index (χ1v) is 9.90. The number of carboxylic acid groups (broad SMARTS) is 1. The fourth-order valence-corrected chi connectivity index (χ4v) is 4.09. The highest BCUT2D eigenvalue weighted by Gasteiger charge is 2.34. The Morgan fingerprint density at radius 3 is 2.48 bits per heavy atom. The fraction of sp³-hybridized carbons (Fsp3) is 0.600. The topological polar surface area (TPSA) is 97.8 Å². The highest BCUT2D eigenvalue weighted by Crippen LogP contribution is 2.28. The van der Waals surface area contributed by atoms with E-state index in [-0.39, 0.29) is 5.92 Å². The molecule has 148 valence electrons. The first-order valence-electron chi connectivity index (χ1n) is 9.90. The van der Waals surface area contributed by atoms with Crippen LogP contribution in [-0.2, 0) is 11.2 Å². The molecule has 7 heteroatoms. The predicted molar refractivity (Wildman–Crippen MR) is 106 cm³/mol. The van der Waals surface area contributed by atoms with Crippen LogP contribution >= 0.6 is 0 Å². The lowest BCUT2D eigenvalue weighted by Gasteiger charge is -2.26. The van der Waals surface area contributed by atoms with E-state index in [1.165, 1.54) is 18.4 Å². The number of carboxylic acids is 1. The van der Waals surface area contributed by atoms with Crippen molar-refractivity contribution in [2.24, 2.45) is 22.9 Å². The molecule has 27 heavy (non-hydrogen) atoms. The number of rotatable bonds is 8. The average molecular weight is 374 g/mol. The Labute approximate surface area is 160 Å². The molecule has 0 aromatic heterocycles. The van der Waals surface area contributed by atoms with Gasteiger partial charge in [-0.25, -0.2) is 5.53 Å². The van der Waals surface area contributed by atoms with Gasteiger partial charge in [0.25, 0.3) is 0 Å². The van der Waals surface area contributed by atoms with Crippen LogP contribution in [-0.4, -0.2) is 30.0 Å². The molecule has 7 nitrogen and oxygen atoms in total. The lowest BCUT2D eigenvalue weighted by molar-refractivity contribution is -0.143. The Morgan fingerprint density at radius 2 is 1.93 bits per heavy atom. The van der Waals surface area contributed by atoms with Crippen molar-refractivity contribution in [1.82, 2.24) is 21.8 Å². The van der Waals surface area contributed by atoms with Gasteiger partial charge in [-0.05, 0) is 61.7 Å². The average Bonchev–Trinajstić information content (AvgIpc) is 3.20. The second-order valence-corrected chi connectivity index (χ2v) is 8.01. The van der Waals surface area contributed by atoms with Crippen LogP contribution in [0.4, 0.5) is 0 Å². The van der Waals surface area contributed by atoms with E-state index in [4.69, 9.17) is 0 Å². The number of aliphatic carboxylic acids is 1. The SMILES string of the molecule is CC(C)CC(C(=O)O)C(Cc1ccc(C2CCNCC2)cc1)C1=NNNN1. The van der Waals surface area contributed by atoms with E-state index < -0.39 is 11.9 Å². The van der Waals surface area contributed by atoms with Gasteiger partial charge in [-0.15, -0.1) is 10.6 Å². The quantitative estimate of drug-likeness (QED) is 0.478. The molecule has 1 aromatic rings. The smallest absolute Gasteiger partial charge is 0.307 e. The molecule has 1 saturated heterocycles. The Kier molecular flexibility index (Phi) is 6.68. The van der Waals surface area contributed by atoms with E-state index in [0.29, 0.717) is 30.5 Å². The number of hydrazine groups is 2. The second kappa shape index (κ2) is 9.19. The zero-order valence-corrected chi connectivity index (χ0v) is 16.2. The zero-order chi connectivity index (χ0) is 19.2. The third kappa shape index (κ3) is 5.20. The molecule has 3 rings (SSSR count). The van der Waals surface area contributed by atoms with Gasteiger partial charge in [0.2, 0.25) is 0 Å². The number of nitrogens with zero attached hydrogens (tertiary/aromatic N) is 1. The van der Waals surface area contributed by atoms with Crippen molar-refractivity contribution in [3.63, 3.8) is 0 Å². The van der Waals surface area contributed by atoms with Gasteiger partial charge in [-0.3, -0.25) is 10.2 Å². The molecule has 5 N–H and O–H groups in total. The standard InChI is InChI=1S/C20H31N5O2/c1-13(2)11-18(20(26)27)17(19-22-24-25-23-19)12-14-3-5-15(6-4-14)16-7-9-21-10-8-16/h3-6,13,16-18,21,24-25H,7-12H2,1-2H3,(H,22,23)(H,26,27). The van der Waals surface area contributed by atoms with Crippen LogP contribution in [0.5, 0.6) is 0 Å². The second-order valence-electron chi connectivity index (χ2n) is 8.01. The number of hydrogen-bond acceptors (Lipinski definition) is 6. The Balaban J connectivity index is 1.75. The van der Waals surface area contributed by atoms with Crippen LogP contribution in [0.15, 0.2) is 29.4 Å². The van der Waals surface area contributed by atoms with Gasteiger partial charge < -0.3 is 10.4 Å². The van der Waals surface area contributed by atoms with Gasteiger partial charge in [0.1, 0.15) is 5.84 Å². The van der Waals surface area contributed by atoms with Gasteiger partial charge in [-0.2, -0.15) is 0 Å². The lowest BCUT2D eigenvalue weighted by Crippen LogP contribution is -2.42. The molecule has 0 spiro atoms. The summed E-state index contributed by atoms with van der Waals surface area (Å²) in [4.78, 5) is 12.0. The monoisotopic (exact) mass is 373 g/mol. The number of amidine groups is 1. The molecule has 2 aliphatic heterocycles. The molecule has 2 atom stereocenters. The largest absolute Gasteiger partial charge is 0.481 e. The van der Waals surface area contributed by atoms with Gasteiger partial charge in [-0.1, -0.05) is 38.1 Å². The van der Waals surface area contributed by atoms with Crippen LogP contribution in [0.2, 0.25) is 0 Å². The minimum absolute atomic E-state index is 0.211. The summed E-state index contributed by atoms with van der Waals surface area (Å²) in [7, 11) is 0. The normalized spacial score (nSPS) is 19.9. The van der Waals surface area contributed by atoms with Crippen molar-refractivity contribution in [2.75, 3.05) is 13.1 Å². The Morgan fingerprint density at radius 1 is 1.22 bits per heavy atom. The molecule has 2 unspecified atom stereocenters. The summed E-state index contributed by atoms with van der Waals surface area (Å²) >= 11 is 0. The van der Waals surface area contributed by atoms with Crippen molar-refractivity contribution < 1.29 is 9.90 Å². The molecule has 0 bridgehead atoms. The van der Waals surface area contributed by atoms with Crippen molar-refractivity contribution in [3.8, 4) is 0 Å². The fourth-order valence-electron chi connectivity index (χ4n) is 4.09. The summed E-state index contributed by atoms with van der Waals surface area (Å²) < 4.78 is 0. The van der Waals surface area contributed by atoms with Gasteiger partial charge >= 0.3 is 5.97 Å². The number of hydrogen-bond donors (Lipinski definition) is 5. The summed E-state index contributed by atoms with van der Waals surface area (Å²) in [5, 5.41) is 17.4.